The molecule has 0 aliphatic carbocycles. The summed E-state index contributed by atoms with van der Waals surface area (Å²) in [6, 6.07) is 87.1. The second-order valence-electron chi connectivity index (χ2n) is 28.0. The molecule has 9 aromatic carbocycles. The Kier molecular flexibility index (Phi) is 31.9. The summed E-state index contributed by atoms with van der Waals surface area (Å²) in [6.07, 6.45) is 8.68. The van der Waals surface area contributed by atoms with Crippen molar-refractivity contribution in [2.24, 2.45) is 0 Å². The lowest BCUT2D eigenvalue weighted by Crippen LogP contribution is -2.23. The minimum atomic E-state index is -0.0328. The number of aryl methyl sites for hydroxylation is 2. The largest absolute Gasteiger partial charge is 0.331 e. The molecule has 0 bridgehead atoms. The monoisotopic (exact) mass is 1700 g/mol. The number of thiophene rings is 2. The number of hydrogen-bond donors (Lipinski definition) is 0. The highest BCUT2D eigenvalue weighted by molar-refractivity contribution is 7.16. The first-order valence-electron chi connectivity index (χ1n) is 41.9. The van der Waals surface area contributed by atoms with Crippen molar-refractivity contribution in [1.29, 1.82) is 0 Å². The van der Waals surface area contributed by atoms with Crippen LogP contribution >= 0.6 is 45.3 Å². The molecule has 5 unspecified atom stereocenters. The first-order chi connectivity index (χ1) is 60.1. The summed E-state index contributed by atoms with van der Waals surface area (Å²) in [5, 5.41) is 6.32. The van der Waals surface area contributed by atoms with Crippen molar-refractivity contribution in [3.8, 4) is 54.7 Å². The van der Waals surface area contributed by atoms with E-state index in [-0.39, 0.29) is 59.7 Å². The lowest BCUT2D eigenvalue weighted by molar-refractivity contribution is 0.0786. The number of aromatic nitrogens is 5. The van der Waals surface area contributed by atoms with Gasteiger partial charge in [0.1, 0.15) is 0 Å². The predicted octanol–water partition coefficient (Wildman–Crippen LogP) is 25.6. The molecule has 5 aliphatic heterocycles. The molecule has 11 heterocycles. The molecule has 0 fully saturated rings. The summed E-state index contributed by atoms with van der Waals surface area (Å²) < 4.78 is 0. The van der Waals surface area contributed by atoms with Crippen LogP contribution in [-0.2, 0) is 0 Å². The molecule has 19 heteroatoms. The number of carbonyl (C=O) groups excluding carboxylic acids is 5. The van der Waals surface area contributed by atoms with E-state index in [0.29, 0.717) is 0 Å². The third kappa shape index (κ3) is 19.7. The number of fused-ring (bicyclic) bond motifs is 5. The fourth-order valence-electron chi connectivity index (χ4n) is 15.5. The Bertz CT molecular complexity index is 5510. The van der Waals surface area contributed by atoms with Gasteiger partial charge in [0.25, 0.3) is 29.5 Å². The van der Waals surface area contributed by atoms with Gasteiger partial charge in [-0.05, 0) is 147 Å². The van der Waals surface area contributed by atoms with E-state index in [2.05, 4.69) is 133 Å². The van der Waals surface area contributed by atoms with Gasteiger partial charge in [-0.15, -0.1) is 45.3 Å². The Hall–Kier alpha value is -12.8. The maximum atomic E-state index is 12.4. The van der Waals surface area contributed by atoms with Crippen LogP contribution in [-0.4, -0.2) is 114 Å². The Morgan fingerprint density at radius 2 is 0.553 bits per heavy atom. The molecule has 5 atom stereocenters. The summed E-state index contributed by atoms with van der Waals surface area (Å²) in [6.45, 7) is 24.0. The van der Waals surface area contributed by atoms with Gasteiger partial charge in [-0.1, -0.05) is 263 Å². The fraction of sp³-hybridized carbons (Fsp3) is 0.212. The molecule has 15 nitrogen and oxygen atoms in total. The van der Waals surface area contributed by atoms with Gasteiger partial charge in [0.15, 0.2) is 0 Å². The van der Waals surface area contributed by atoms with Gasteiger partial charge < -0.3 is 24.5 Å². The molecule has 0 N–H and O–H groups in total. The molecule has 15 aromatic rings. The van der Waals surface area contributed by atoms with E-state index in [4.69, 9.17) is 0 Å². The van der Waals surface area contributed by atoms with Crippen LogP contribution in [0.15, 0.2) is 303 Å². The number of thiazole rings is 2. The van der Waals surface area contributed by atoms with Gasteiger partial charge in [0.2, 0.25) is 0 Å². The smallest absolute Gasteiger partial charge is 0.254 e. The Morgan fingerprint density at radius 1 is 0.268 bits per heavy atom. The standard InChI is InChI=1S/C21H17NO.C20H16N2O.C19H15N3O.2C17H14N2OS2.5C2H6/c1-22-20(18-9-5-6-10-19(18)21(22)23)17-13-11-16(12-14-17)15-7-3-2-4-8-15;1-22-19(17-4-2-3-5-18(17)20(22)23)16-8-6-14(7-9-16)15-10-12-21-13-11-15;1-22-18(15-4-2-3-5-16(15)19(22)23)14-8-6-13(7-9-14)17-12-20-10-11-21-17;2*1-10-18-13(9-21-10)14-7-8-15(22-14)16-11-5-3-4-6-12(11)17(20)19(16)2;5*1-2/h2-14,20H,1H3;2-13,19H,1H3;2-12,18H,1H3;2*3-9,16H,1-2H3;5*1-2H3. The summed E-state index contributed by atoms with van der Waals surface area (Å²) >= 11 is 6.76. The zero-order valence-corrected chi connectivity index (χ0v) is 76.2. The first-order valence-corrected chi connectivity index (χ1v) is 45.3. The van der Waals surface area contributed by atoms with Crippen molar-refractivity contribution in [2.45, 2.75) is 113 Å². The number of amides is 5. The number of benzene rings is 9. The normalized spacial score (nSPS) is 15.6. The molecule has 0 radical (unpaired) electrons. The highest BCUT2D eigenvalue weighted by Crippen LogP contribution is 2.46. The highest BCUT2D eigenvalue weighted by atomic mass is 32.1. The molecule has 5 aliphatic rings. The van der Waals surface area contributed by atoms with Crippen molar-refractivity contribution in [1.82, 2.24) is 49.4 Å². The molecule has 0 spiro atoms. The molecule has 20 rings (SSSR count). The van der Waals surface area contributed by atoms with Crippen LogP contribution in [0.1, 0.15) is 216 Å². The zero-order chi connectivity index (χ0) is 88.0. The molecule has 123 heavy (non-hydrogen) atoms. The fourth-order valence-corrected chi connectivity index (χ4v) is 19.2. The second kappa shape index (κ2) is 43.1. The van der Waals surface area contributed by atoms with Gasteiger partial charge in [-0.25, -0.2) is 9.97 Å². The Morgan fingerprint density at radius 3 is 0.862 bits per heavy atom. The van der Waals surface area contributed by atoms with Crippen molar-refractivity contribution in [3.63, 3.8) is 0 Å². The van der Waals surface area contributed by atoms with Gasteiger partial charge in [-0.3, -0.25) is 38.9 Å². The van der Waals surface area contributed by atoms with Gasteiger partial charge in [0, 0.05) is 114 Å². The van der Waals surface area contributed by atoms with E-state index >= 15 is 0 Å². The van der Waals surface area contributed by atoms with Gasteiger partial charge in [0.05, 0.1) is 73.3 Å². The molecule has 626 valence electrons. The Labute approximate surface area is 740 Å². The highest BCUT2D eigenvalue weighted by Gasteiger charge is 2.40. The SMILES string of the molecule is CC.CC.CC.CC.CC.CN1C(=O)c2ccccc2C1c1ccc(-c2ccccc2)cc1.CN1C(=O)c2ccccc2C1c1ccc(-c2ccncc2)cc1.CN1C(=O)c2ccccc2C1c1ccc(-c2cnccn2)cc1.Cc1nc(-c2ccc(C3c4ccccc4C(=O)N3C)s2)cs1.Cc1nc(-c2ccc(C3c4ccccc4C(=O)N3C)s2)cs1. The average Bonchev–Trinajstić information content (AvgIpc) is 1.63. The summed E-state index contributed by atoms with van der Waals surface area (Å²) in [5.74, 6) is 0.449. The van der Waals surface area contributed by atoms with Crippen molar-refractivity contribution >= 4 is 74.9 Å². The van der Waals surface area contributed by atoms with Crippen molar-refractivity contribution in [3.05, 3.63) is 395 Å². The number of nitrogens with zero attached hydrogens (tertiary/aromatic N) is 10. The minimum Gasteiger partial charge on any atom is -0.331 e. The van der Waals surface area contributed by atoms with Crippen LogP contribution in [0.5, 0.6) is 0 Å². The minimum absolute atomic E-state index is 0.00326. The van der Waals surface area contributed by atoms with E-state index in [0.717, 1.165) is 126 Å². The summed E-state index contributed by atoms with van der Waals surface area (Å²) in [5.41, 5.74) is 21.4. The third-order valence-corrected chi connectivity index (χ3v) is 25.0. The summed E-state index contributed by atoms with van der Waals surface area (Å²) in [4.78, 5) is 97.2. The molecular weight excluding hydrogens is 1600 g/mol. The topological polar surface area (TPSA) is 166 Å². The second-order valence-corrected chi connectivity index (χ2v) is 32.4. The molecule has 5 amide bonds. The zero-order valence-electron chi connectivity index (χ0n) is 72.9. The molecular formula is C104H106N10O5S4. The van der Waals surface area contributed by atoms with E-state index < -0.39 is 0 Å². The molecule has 6 aromatic heterocycles. The maximum Gasteiger partial charge on any atom is 0.254 e. The molecule has 0 saturated carbocycles. The van der Waals surface area contributed by atoms with Crippen LogP contribution in [0.25, 0.3) is 54.7 Å². The quantitative estimate of drug-likeness (QED) is 0.129. The van der Waals surface area contributed by atoms with Crippen LogP contribution in [0.3, 0.4) is 0 Å². The average molecular weight is 1700 g/mol. The van der Waals surface area contributed by atoms with Crippen LogP contribution in [0.2, 0.25) is 0 Å². The van der Waals surface area contributed by atoms with E-state index in [1.165, 1.54) is 20.9 Å². The maximum absolute atomic E-state index is 12.4. The van der Waals surface area contributed by atoms with Crippen LogP contribution in [0, 0.1) is 13.8 Å². The first kappa shape index (κ1) is 91.0. The van der Waals surface area contributed by atoms with E-state index in [1.807, 2.05) is 302 Å². The number of hydrogen-bond acceptors (Lipinski definition) is 14. The number of rotatable bonds is 10. The third-order valence-electron chi connectivity index (χ3n) is 21.2. The van der Waals surface area contributed by atoms with Crippen LogP contribution in [0.4, 0.5) is 0 Å². The van der Waals surface area contributed by atoms with Crippen LogP contribution < -0.4 is 0 Å². The van der Waals surface area contributed by atoms with E-state index in [1.54, 1.807) is 81.2 Å². The molecule has 0 saturated heterocycles. The Balaban J connectivity index is 0.000000146. The summed E-state index contributed by atoms with van der Waals surface area (Å²) in [7, 11) is 9.34. The number of carbonyl (C=O) groups is 5. The lowest BCUT2D eigenvalue weighted by atomic mass is 9.96. The van der Waals surface area contributed by atoms with E-state index in [9.17, 15) is 24.0 Å². The van der Waals surface area contributed by atoms with Crippen molar-refractivity contribution < 1.29 is 24.0 Å². The predicted molar refractivity (Wildman–Crippen MR) is 508 cm³/mol. The number of pyridine rings is 1. The lowest BCUT2D eigenvalue weighted by Gasteiger charge is -2.21. The van der Waals surface area contributed by atoms with Crippen molar-refractivity contribution in [2.75, 3.05) is 35.2 Å². The van der Waals surface area contributed by atoms with Gasteiger partial charge in [-0.2, -0.15) is 0 Å². The van der Waals surface area contributed by atoms with Gasteiger partial charge >= 0.3 is 0 Å².